The molecule has 1 aliphatic rings. The minimum absolute atomic E-state index is 0.0619. The molecule has 1 aliphatic carbocycles. The van der Waals surface area contributed by atoms with Gasteiger partial charge in [0.15, 0.2) is 6.61 Å². The third-order valence-electron chi connectivity index (χ3n) is 3.98. The molecule has 0 saturated heterocycles. The lowest BCUT2D eigenvalue weighted by atomic mass is 9.91. The van der Waals surface area contributed by atoms with E-state index in [1.54, 1.807) is 4.90 Å². The zero-order valence-corrected chi connectivity index (χ0v) is 12.7. The number of hydrogen-bond acceptors (Lipinski definition) is 2. The molecule has 0 radical (unpaired) electrons. The van der Waals surface area contributed by atoms with Crippen LogP contribution in [-0.4, -0.2) is 31.0 Å². The number of unbranched alkanes of at least 4 members (excludes halogenated alkanes) is 1. The van der Waals surface area contributed by atoms with E-state index < -0.39 is 0 Å². The molecule has 0 bridgehead atoms. The van der Waals surface area contributed by atoms with E-state index in [4.69, 9.17) is 4.74 Å². The van der Waals surface area contributed by atoms with E-state index in [2.05, 4.69) is 13.0 Å². The first kappa shape index (κ1) is 14.9. The van der Waals surface area contributed by atoms with E-state index in [-0.39, 0.29) is 12.5 Å². The molecular weight excluding hydrogens is 250 g/mol. The number of likely N-dealkylation sites (N-methyl/N-ethyl adjacent to an activating group) is 1. The van der Waals surface area contributed by atoms with Crippen molar-refractivity contribution < 1.29 is 9.53 Å². The second-order valence-electron chi connectivity index (χ2n) is 5.56. The second kappa shape index (κ2) is 7.32. The molecule has 1 amide bonds. The molecule has 3 heteroatoms. The zero-order chi connectivity index (χ0) is 14.4. The lowest BCUT2D eigenvalue weighted by Gasteiger charge is -2.21. The molecule has 0 N–H and O–H groups in total. The van der Waals surface area contributed by atoms with Gasteiger partial charge in [-0.2, -0.15) is 0 Å². The van der Waals surface area contributed by atoms with Crippen molar-refractivity contribution in [1.82, 2.24) is 4.90 Å². The Bertz CT molecular complexity index is 456. The minimum atomic E-state index is 0.0619. The van der Waals surface area contributed by atoms with E-state index in [9.17, 15) is 4.79 Å². The van der Waals surface area contributed by atoms with Crippen molar-refractivity contribution in [2.24, 2.45) is 0 Å². The number of carbonyl (C=O) groups excluding carboxylic acids is 1. The number of benzene rings is 1. The van der Waals surface area contributed by atoms with Crippen LogP contribution in [0, 0.1) is 0 Å². The van der Waals surface area contributed by atoms with Crippen LogP contribution in [0.1, 0.15) is 43.7 Å². The van der Waals surface area contributed by atoms with Crippen LogP contribution in [0.4, 0.5) is 0 Å². The molecule has 0 fully saturated rings. The fourth-order valence-electron chi connectivity index (χ4n) is 2.65. The van der Waals surface area contributed by atoms with Crippen LogP contribution in [0.2, 0.25) is 0 Å². The van der Waals surface area contributed by atoms with Gasteiger partial charge in [-0.3, -0.25) is 4.79 Å². The summed E-state index contributed by atoms with van der Waals surface area (Å²) < 4.78 is 5.78. The molecule has 0 spiro atoms. The summed E-state index contributed by atoms with van der Waals surface area (Å²) >= 11 is 0. The first-order chi connectivity index (χ1) is 9.72. The topological polar surface area (TPSA) is 29.5 Å². The Kier molecular flexibility index (Phi) is 5.45. The Balaban J connectivity index is 1.92. The number of rotatable bonds is 6. The molecule has 1 aromatic carbocycles. The minimum Gasteiger partial charge on any atom is -0.483 e. The fourth-order valence-corrected chi connectivity index (χ4v) is 2.65. The lowest BCUT2D eigenvalue weighted by molar-refractivity contribution is -0.132. The largest absolute Gasteiger partial charge is 0.483 e. The molecule has 0 unspecified atom stereocenters. The van der Waals surface area contributed by atoms with Crippen molar-refractivity contribution in [3.8, 4) is 5.75 Å². The predicted molar refractivity (Wildman–Crippen MR) is 81.1 cm³/mol. The van der Waals surface area contributed by atoms with Crippen LogP contribution in [0.3, 0.4) is 0 Å². The summed E-state index contributed by atoms with van der Waals surface area (Å²) in [6, 6.07) is 6.20. The van der Waals surface area contributed by atoms with E-state index >= 15 is 0 Å². The van der Waals surface area contributed by atoms with Gasteiger partial charge >= 0.3 is 0 Å². The number of fused-ring (bicyclic) bond motifs is 1. The Morgan fingerprint density at radius 1 is 1.30 bits per heavy atom. The highest BCUT2D eigenvalue weighted by Crippen LogP contribution is 2.29. The maximum absolute atomic E-state index is 12.0. The van der Waals surface area contributed by atoms with Gasteiger partial charge < -0.3 is 9.64 Å². The van der Waals surface area contributed by atoms with Gasteiger partial charge in [0.05, 0.1) is 0 Å². The van der Waals surface area contributed by atoms with Crippen LogP contribution in [0.15, 0.2) is 18.2 Å². The molecule has 0 saturated carbocycles. The van der Waals surface area contributed by atoms with Crippen LogP contribution < -0.4 is 4.74 Å². The van der Waals surface area contributed by atoms with Gasteiger partial charge in [0, 0.05) is 13.6 Å². The SMILES string of the molecule is CCCCN(C)C(=O)COc1cccc2c1CCCC2. The molecule has 1 aromatic rings. The number of aryl methyl sites for hydroxylation is 1. The molecule has 0 atom stereocenters. The second-order valence-corrected chi connectivity index (χ2v) is 5.56. The first-order valence-corrected chi connectivity index (χ1v) is 7.70. The molecule has 20 heavy (non-hydrogen) atoms. The average molecular weight is 275 g/mol. The Hall–Kier alpha value is -1.51. The zero-order valence-electron chi connectivity index (χ0n) is 12.7. The van der Waals surface area contributed by atoms with Crippen molar-refractivity contribution in [3.63, 3.8) is 0 Å². The van der Waals surface area contributed by atoms with Gasteiger partial charge in [0.25, 0.3) is 5.91 Å². The standard InChI is InChI=1S/C17H25NO2/c1-3-4-12-18(2)17(19)13-20-16-11-7-9-14-8-5-6-10-15(14)16/h7,9,11H,3-6,8,10,12-13H2,1-2H3. The van der Waals surface area contributed by atoms with Crippen LogP contribution in [-0.2, 0) is 17.6 Å². The molecular formula is C17H25NO2. The smallest absolute Gasteiger partial charge is 0.260 e. The normalized spacial score (nSPS) is 13.7. The van der Waals surface area contributed by atoms with Crippen molar-refractivity contribution in [2.45, 2.75) is 45.4 Å². The van der Waals surface area contributed by atoms with Crippen molar-refractivity contribution >= 4 is 5.91 Å². The highest BCUT2D eigenvalue weighted by Gasteiger charge is 2.15. The Morgan fingerprint density at radius 3 is 2.90 bits per heavy atom. The van der Waals surface area contributed by atoms with Crippen LogP contribution in [0.5, 0.6) is 5.75 Å². The van der Waals surface area contributed by atoms with Gasteiger partial charge in [-0.1, -0.05) is 25.5 Å². The molecule has 0 heterocycles. The molecule has 0 aliphatic heterocycles. The van der Waals surface area contributed by atoms with Gasteiger partial charge in [-0.15, -0.1) is 0 Å². The summed E-state index contributed by atoms with van der Waals surface area (Å²) in [6.45, 7) is 3.09. The van der Waals surface area contributed by atoms with Gasteiger partial charge in [-0.05, 0) is 49.3 Å². The van der Waals surface area contributed by atoms with Crippen LogP contribution in [0.25, 0.3) is 0 Å². The van der Waals surface area contributed by atoms with E-state index in [1.807, 2.05) is 19.2 Å². The Labute approximate surface area is 121 Å². The highest BCUT2D eigenvalue weighted by atomic mass is 16.5. The third kappa shape index (κ3) is 3.75. The van der Waals surface area contributed by atoms with Crippen molar-refractivity contribution in [3.05, 3.63) is 29.3 Å². The molecule has 110 valence electrons. The van der Waals surface area contributed by atoms with Crippen molar-refractivity contribution in [1.29, 1.82) is 0 Å². The van der Waals surface area contributed by atoms with Gasteiger partial charge in [-0.25, -0.2) is 0 Å². The molecule has 0 aromatic heterocycles. The molecule has 2 rings (SSSR count). The number of amides is 1. The Morgan fingerprint density at radius 2 is 2.10 bits per heavy atom. The highest BCUT2D eigenvalue weighted by molar-refractivity contribution is 5.77. The summed E-state index contributed by atoms with van der Waals surface area (Å²) in [7, 11) is 1.85. The van der Waals surface area contributed by atoms with Crippen molar-refractivity contribution in [2.75, 3.05) is 20.2 Å². The predicted octanol–water partition coefficient (Wildman–Crippen LogP) is 3.20. The molecule has 3 nitrogen and oxygen atoms in total. The monoisotopic (exact) mass is 275 g/mol. The summed E-state index contributed by atoms with van der Waals surface area (Å²) in [5.74, 6) is 0.964. The van der Waals surface area contributed by atoms with Gasteiger partial charge in [0.1, 0.15) is 5.75 Å². The van der Waals surface area contributed by atoms with Crippen LogP contribution >= 0.6 is 0 Å². The first-order valence-electron chi connectivity index (χ1n) is 7.70. The fraction of sp³-hybridized carbons (Fsp3) is 0.588. The van der Waals surface area contributed by atoms with E-state index in [1.165, 1.54) is 24.0 Å². The lowest BCUT2D eigenvalue weighted by Crippen LogP contribution is -2.32. The number of carbonyl (C=O) groups is 1. The maximum atomic E-state index is 12.0. The van der Waals surface area contributed by atoms with Gasteiger partial charge in [0.2, 0.25) is 0 Å². The summed E-state index contributed by atoms with van der Waals surface area (Å²) in [4.78, 5) is 13.8. The third-order valence-corrected chi connectivity index (χ3v) is 3.98. The van der Waals surface area contributed by atoms with E-state index in [0.29, 0.717) is 0 Å². The quantitative estimate of drug-likeness (QED) is 0.798. The number of hydrogen-bond donors (Lipinski definition) is 0. The summed E-state index contributed by atoms with van der Waals surface area (Å²) in [5.41, 5.74) is 2.70. The van der Waals surface area contributed by atoms with E-state index in [0.717, 1.165) is 38.0 Å². The summed E-state index contributed by atoms with van der Waals surface area (Å²) in [5, 5.41) is 0. The number of nitrogens with zero attached hydrogens (tertiary/aromatic N) is 1. The number of ether oxygens (including phenoxy) is 1. The average Bonchev–Trinajstić information content (AvgIpc) is 2.50. The summed E-state index contributed by atoms with van der Waals surface area (Å²) in [6.07, 6.45) is 6.84. The maximum Gasteiger partial charge on any atom is 0.260 e.